The molecule has 0 aromatic heterocycles. The van der Waals surface area contributed by atoms with Gasteiger partial charge in [-0.15, -0.1) is 0 Å². The standard InChI is InChI=1S/C15H28N2O3/c1-14(2)7-5-10-17(11-9-14)13(20)16-15(3,4)8-6-12(18)19/h5-11H2,1-4H3,(H,16,20)(H,18,19). The van der Waals surface area contributed by atoms with Crippen molar-refractivity contribution in [2.24, 2.45) is 5.41 Å². The molecule has 0 unspecified atom stereocenters. The maximum absolute atomic E-state index is 12.3. The molecule has 0 spiro atoms. The van der Waals surface area contributed by atoms with E-state index in [9.17, 15) is 9.59 Å². The van der Waals surface area contributed by atoms with Crippen LogP contribution in [0.4, 0.5) is 4.79 Å². The first-order valence-electron chi connectivity index (χ1n) is 7.40. The maximum Gasteiger partial charge on any atom is 0.317 e. The van der Waals surface area contributed by atoms with Crippen LogP contribution in [0.5, 0.6) is 0 Å². The Labute approximate surface area is 121 Å². The largest absolute Gasteiger partial charge is 0.481 e. The van der Waals surface area contributed by atoms with Crippen molar-refractivity contribution >= 4 is 12.0 Å². The van der Waals surface area contributed by atoms with Gasteiger partial charge in [-0.1, -0.05) is 13.8 Å². The third-order valence-electron chi connectivity index (χ3n) is 4.04. The van der Waals surface area contributed by atoms with Crippen molar-refractivity contribution < 1.29 is 14.7 Å². The highest BCUT2D eigenvalue weighted by Gasteiger charge is 2.28. The molecule has 20 heavy (non-hydrogen) atoms. The number of amides is 2. The van der Waals surface area contributed by atoms with Gasteiger partial charge in [0.05, 0.1) is 0 Å². The minimum absolute atomic E-state index is 0.0698. The molecule has 116 valence electrons. The number of hydrogen-bond donors (Lipinski definition) is 2. The fraction of sp³-hybridized carbons (Fsp3) is 0.867. The van der Waals surface area contributed by atoms with Crippen LogP contribution >= 0.6 is 0 Å². The Hall–Kier alpha value is -1.26. The Bertz CT molecular complexity index is 364. The topological polar surface area (TPSA) is 69.6 Å². The highest BCUT2D eigenvalue weighted by atomic mass is 16.4. The van der Waals surface area contributed by atoms with E-state index in [4.69, 9.17) is 5.11 Å². The Morgan fingerprint density at radius 2 is 1.90 bits per heavy atom. The second-order valence-corrected chi connectivity index (χ2v) is 7.21. The third-order valence-corrected chi connectivity index (χ3v) is 4.04. The smallest absolute Gasteiger partial charge is 0.317 e. The zero-order valence-electron chi connectivity index (χ0n) is 13.2. The summed E-state index contributed by atoms with van der Waals surface area (Å²) in [4.78, 5) is 24.8. The number of hydrogen-bond acceptors (Lipinski definition) is 2. The zero-order valence-corrected chi connectivity index (χ0v) is 13.2. The van der Waals surface area contributed by atoms with E-state index in [0.29, 0.717) is 11.8 Å². The number of carboxylic acid groups (broad SMARTS) is 1. The number of rotatable bonds is 4. The molecule has 1 fully saturated rings. The van der Waals surface area contributed by atoms with E-state index >= 15 is 0 Å². The summed E-state index contributed by atoms with van der Waals surface area (Å²) in [5.41, 5.74) is -0.189. The number of nitrogens with zero attached hydrogens (tertiary/aromatic N) is 1. The van der Waals surface area contributed by atoms with E-state index in [1.54, 1.807) is 0 Å². The summed E-state index contributed by atoms with van der Waals surface area (Å²) in [6.45, 7) is 9.78. The summed E-state index contributed by atoms with van der Waals surface area (Å²) >= 11 is 0. The first-order valence-corrected chi connectivity index (χ1v) is 7.40. The summed E-state index contributed by atoms with van der Waals surface area (Å²) in [5, 5.41) is 11.7. The molecule has 1 saturated heterocycles. The van der Waals surface area contributed by atoms with Crippen molar-refractivity contribution in [2.45, 2.75) is 65.3 Å². The van der Waals surface area contributed by atoms with Gasteiger partial charge in [-0.05, 0) is 44.9 Å². The SMILES string of the molecule is CC1(C)CCCN(C(=O)NC(C)(C)CCC(=O)O)CC1. The lowest BCUT2D eigenvalue weighted by molar-refractivity contribution is -0.137. The second kappa shape index (κ2) is 6.46. The van der Waals surface area contributed by atoms with Gasteiger partial charge in [-0.25, -0.2) is 4.79 Å². The van der Waals surface area contributed by atoms with Gasteiger partial charge >= 0.3 is 12.0 Å². The Balaban J connectivity index is 2.51. The number of aliphatic carboxylic acids is 1. The second-order valence-electron chi connectivity index (χ2n) is 7.21. The molecule has 0 atom stereocenters. The molecule has 1 heterocycles. The van der Waals surface area contributed by atoms with Crippen LogP contribution in [-0.2, 0) is 4.79 Å². The van der Waals surface area contributed by atoms with Gasteiger partial charge in [-0.3, -0.25) is 4.79 Å². The lowest BCUT2D eigenvalue weighted by atomic mass is 9.85. The minimum atomic E-state index is -0.830. The predicted molar refractivity (Wildman–Crippen MR) is 78.7 cm³/mol. The molecule has 0 bridgehead atoms. The van der Waals surface area contributed by atoms with Crippen LogP contribution in [0.3, 0.4) is 0 Å². The number of carbonyl (C=O) groups is 2. The van der Waals surface area contributed by atoms with Crippen molar-refractivity contribution in [1.82, 2.24) is 10.2 Å². The summed E-state index contributed by atoms with van der Waals surface area (Å²) in [5.74, 6) is -0.830. The van der Waals surface area contributed by atoms with Gasteiger partial charge in [0.25, 0.3) is 0 Å². The van der Waals surface area contributed by atoms with Crippen molar-refractivity contribution in [3.05, 3.63) is 0 Å². The highest BCUT2D eigenvalue weighted by molar-refractivity contribution is 5.75. The minimum Gasteiger partial charge on any atom is -0.481 e. The number of nitrogens with one attached hydrogen (secondary N) is 1. The average molecular weight is 284 g/mol. The molecular formula is C15H28N2O3. The normalized spacial score (nSPS) is 19.3. The van der Waals surface area contributed by atoms with Crippen LogP contribution in [0.25, 0.3) is 0 Å². The summed E-state index contributed by atoms with van der Waals surface area (Å²) in [7, 11) is 0. The molecule has 1 rings (SSSR count). The van der Waals surface area contributed by atoms with Crippen LogP contribution < -0.4 is 5.32 Å². The van der Waals surface area contributed by atoms with Crippen molar-refractivity contribution in [2.75, 3.05) is 13.1 Å². The van der Waals surface area contributed by atoms with Gasteiger partial charge in [-0.2, -0.15) is 0 Å². The molecule has 0 aliphatic carbocycles. The molecule has 0 radical (unpaired) electrons. The van der Waals surface area contributed by atoms with Crippen LogP contribution in [0.2, 0.25) is 0 Å². The quantitative estimate of drug-likeness (QED) is 0.834. The van der Waals surface area contributed by atoms with Gasteiger partial charge < -0.3 is 15.3 Å². The van der Waals surface area contributed by atoms with E-state index in [0.717, 1.165) is 32.4 Å². The number of likely N-dealkylation sites (tertiary alicyclic amines) is 1. The van der Waals surface area contributed by atoms with E-state index in [1.807, 2.05) is 18.7 Å². The first-order chi connectivity index (χ1) is 9.11. The zero-order chi connectivity index (χ0) is 15.4. The van der Waals surface area contributed by atoms with E-state index in [-0.39, 0.29) is 12.5 Å². The first kappa shape index (κ1) is 16.8. The molecule has 2 N–H and O–H groups in total. The monoisotopic (exact) mass is 284 g/mol. The molecule has 0 aromatic rings. The molecule has 5 heteroatoms. The Kier molecular flexibility index (Phi) is 5.42. The summed E-state index contributed by atoms with van der Waals surface area (Å²) in [6, 6.07) is -0.0712. The molecule has 0 aromatic carbocycles. The summed E-state index contributed by atoms with van der Waals surface area (Å²) in [6.07, 6.45) is 3.68. The van der Waals surface area contributed by atoms with E-state index in [2.05, 4.69) is 19.2 Å². The van der Waals surface area contributed by atoms with Crippen LogP contribution in [-0.4, -0.2) is 40.6 Å². The number of carboxylic acids is 1. The third kappa shape index (κ3) is 5.80. The van der Waals surface area contributed by atoms with Gasteiger partial charge in [0.15, 0.2) is 0 Å². The van der Waals surface area contributed by atoms with Crippen molar-refractivity contribution in [3.8, 4) is 0 Å². The molecule has 2 amide bonds. The number of urea groups is 1. The van der Waals surface area contributed by atoms with Crippen LogP contribution in [0, 0.1) is 5.41 Å². The Morgan fingerprint density at radius 3 is 2.50 bits per heavy atom. The average Bonchev–Trinajstić information content (AvgIpc) is 2.47. The number of carbonyl (C=O) groups excluding carboxylic acids is 1. The molecular weight excluding hydrogens is 256 g/mol. The lowest BCUT2D eigenvalue weighted by Crippen LogP contribution is -2.50. The molecule has 0 saturated carbocycles. The lowest BCUT2D eigenvalue weighted by Gasteiger charge is -2.30. The fourth-order valence-corrected chi connectivity index (χ4v) is 2.48. The van der Waals surface area contributed by atoms with Crippen LogP contribution in [0.15, 0.2) is 0 Å². The summed E-state index contributed by atoms with van der Waals surface area (Å²) < 4.78 is 0. The molecule has 1 aliphatic heterocycles. The van der Waals surface area contributed by atoms with Crippen molar-refractivity contribution in [3.63, 3.8) is 0 Å². The predicted octanol–water partition coefficient (Wildman–Crippen LogP) is 2.85. The maximum atomic E-state index is 12.3. The van der Waals surface area contributed by atoms with Crippen molar-refractivity contribution in [1.29, 1.82) is 0 Å². The van der Waals surface area contributed by atoms with E-state index < -0.39 is 11.5 Å². The van der Waals surface area contributed by atoms with Gasteiger partial charge in [0.1, 0.15) is 0 Å². The molecule has 5 nitrogen and oxygen atoms in total. The van der Waals surface area contributed by atoms with E-state index in [1.165, 1.54) is 0 Å². The highest BCUT2D eigenvalue weighted by Crippen LogP contribution is 2.29. The van der Waals surface area contributed by atoms with Crippen LogP contribution in [0.1, 0.15) is 59.8 Å². The van der Waals surface area contributed by atoms with Gasteiger partial charge in [0.2, 0.25) is 0 Å². The Morgan fingerprint density at radius 1 is 1.25 bits per heavy atom. The van der Waals surface area contributed by atoms with Gasteiger partial charge in [0, 0.05) is 25.0 Å². The molecule has 1 aliphatic rings. The fourth-order valence-electron chi connectivity index (χ4n) is 2.48.